The lowest BCUT2D eigenvalue weighted by atomic mass is 10.1. The Hall–Kier alpha value is -2.43. The van der Waals surface area contributed by atoms with Gasteiger partial charge in [-0.05, 0) is 30.5 Å². The molecule has 0 saturated carbocycles. The Balaban J connectivity index is 1.80. The Morgan fingerprint density at radius 2 is 2.05 bits per heavy atom. The lowest BCUT2D eigenvalue weighted by Gasteiger charge is -2.15. The number of aromatic nitrogens is 2. The molecule has 0 unspecified atom stereocenters. The first-order valence-corrected chi connectivity index (χ1v) is 7.67. The number of carbonyl (C=O) groups excluding carboxylic acids is 1. The van der Waals surface area contributed by atoms with Crippen molar-refractivity contribution in [1.82, 2.24) is 9.97 Å². The SMILES string of the molecule is CCCCc1ccc(N2Cc3nc(NC)ncc3C2=O)cc1. The predicted octanol–water partition coefficient (Wildman–Crippen LogP) is 3.02. The first-order valence-electron chi connectivity index (χ1n) is 7.67. The van der Waals surface area contributed by atoms with Gasteiger partial charge in [0.25, 0.3) is 5.91 Å². The highest BCUT2D eigenvalue weighted by atomic mass is 16.2. The molecule has 0 spiro atoms. The van der Waals surface area contributed by atoms with E-state index in [0.717, 1.165) is 17.8 Å². The van der Waals surface area contributed by atoms with Crippen LogP contribution < -0.4 is 10.2 Å². The number of anilines is 2. The molecule has 3 rings (SSSR count). The number of amides is 1. The van der Waals surface area contributed by atoms with Crippen LogP contribution >= 0.6 is 0 Å². The Morgan fingerprint density at radius 3 is 2.73 bits per heavy atom. The number of nitrogens with one attached hydrogen (secondary N) is 1. The van der Waals surface area contributed by atoms with Crippen molar-refractivity contribution in [1.29, 1.82) is 0 Å². The van der Waals surface area contributed by atoms with Crippen molar-refractivity contribution in [3.63, 3.8) is 0 Å². The van der Waals surface area contributed by atoms with Gasteiger partial charge in [0.05, 0.1) is 17.8 Å². The average molecular weight is 296 g/mol. The number of aryl methyl sites for hydroxylation is 1. The summed E-state index contributed by atoms with van der Waals surface area (Å²) in [5.74, 6) is 0.516. The zero-order chi connectivity index (χ0) is 15.5. The molecule has 1 amide bonds. The van der Waals surface area contributed by atoms with Crippen LogP contribution in [0.2, 0.25) is 0 Å². The van der Waals surface area contributed by atoms with Crippen LogP contribution in [0.3, 0.4) is 0 Å². The topological polar surface area (TPSA) is 58.1 Å². The van der Waals surface area contributed by atoms with Gasteiger partial charge in [-0.3, -0.25) is 4.79 Å². The van der Waals surface area contributed by atoms with E-state index < -0.39 is 0 Å². The van der Waals surface area contributed by atoms with Gasteiger partial charge in [0.2, 0.25) is 5.95 Å². The molecule has 1 aromatic carbocycles. The van der Waals surface area contributed by atoms with Gasteiger partial charge >= 0.3 is 0 Å². The van der Waals surface area contributed by atoms with Crippen LogP contribution in [0.25, 0.3) is 0 Å². The minimum absolute atomic E-state index is 0.0287. The minimum atomic E-state index is -0.0287. The second-order valence-corrected chi connectivity index (χ2v) is 5.47. The zero-order valence-electron chi connectivity index (χ0n) is 13.0. The van der Waals surface area contributed by atoms with Gasteiger partial charge in [-0.2, -0.15) is 0 Å². The number of fused-ring (bicyclic) bond motifs is 1. The smallest absolute Gasteiger partial charge is 0.262 e. The summed E-state index contributed by atoms with van der Waals surface area (Å²) in [5, 5.41) is 2.90. The lowest BCUT2D eigenvalue weighted by Crippen LogP contribution is -2.22. The van der Waals surface area contributed by atoms with E-state index in [0.29, 0.717) is 18.1 Å². The molecule has 0 saturated heterocycles. The van der Waals surface area contributed by atoms with Gasteiger partial charge < -0.3 is 10.2 Å². The summed E-state index contributed by atoms with van der Waals surface area (Å²) in [6.07, 6.45) is 5.07. The highest BCUT2D eigenvalue weighted by molar-refractivity contribution is 6.09. The molecular formula is C17H20N4O. The molecule has 0 fully saturated rings. The Labute approximate surface area is 130 Å². The highest BCUT2D eigenvalue weighted by Crippen LogP contribution is 2.27. The molecule has 0 radical (unpaired) electrons. The molecule has 1 aromatic heterocycles. The van der Waals surface area contributed by atoms with E-state index in [4.69, 9.17) is 0 Å². The summed E-state index contributed by atoms with van der Waals surface area (Å²) in [4.78, 5) is 22.7. The van der Waals surface area contributed by atoms with Crippen LogP contribution in [0.15, 0.2) is 30.5 Å². The van der Waals surface area contributed by atoms with Gasteiger partial charge in [-0.1, -0.05) is 25.5 Å². The van der Waals surface area contributed by atoms with E-state index >= 15 is 0 Å². The van der Waals surface area contributed by atoms with E-state index in [9.17, 15) is 4.79 Å². The van der Waals surface area contributed by atoms with Crippen molar-refractivity contribution in [2.24, 2.45) is 0 Å². The monoisotopic (exact) mass is 296 g/mol. The first kappa shape index (κ1) is 14.5. The third kappa shape index (κ3) is 2.66. The van der Waals surface area contributed by atoms with Crippen LogP contribution in [0.4, 0.5) is 11.6 Å². The Morgan fingerprint density at radius 1 is 1.27 bits per heavy atom. The van der Waals surface area contributed by atoms with Gasteiger partial charge in [0, 0.05) is 18.9 Å². The fraction of sp³-hybridized carbons (Fsp3) is 0.353. The Kier molecular flexibility index (Phi) is 4.04. The lowest BCUT2D eigenvalue weighted by molar-refractivity contribution is 0.0996. The summed E-state index contributed by atoms with van der Waals surface area (Å²) in [7, 11) is 1.77. The van der Waals surface area contributed by atoms with Crippen LogP contribution in [0, 0.1) is 0 Å². The van der Waals surface area contributed by atoms with Gasteiger partial charge in [0.1, 0.15) is 0 Å². The summed E-state index contributed by atoms with van der Waals surface area (Å²) in [6, 6.07) is 8.24. The molecular weight excluding hydrogens is 276 g/mol. The fourth-order valence-corrected chi connectivity index (χ4v) is 2.64. The van der Waals surface area contributed by atoms with Crippen molar-refractivity contribution < 1.29 is 4.79 Å². The van der Waals surface area contributed by atoms with Gasteiger partial charge in [0.15, 0.2) is 0 Å². The summed E-state index contributed by atoms with van der Waals surface area (Å²) in [6.45, 7) is 2.69. The van der Waals surface area contributed by atoms with Gasteiger partial charge in [-0.25, -0.2) is 9.97 Å². The van der Waals surface area contributed by atoms with E-state index in [2.05, 4.69) is 34.3 Å². The molecule has 5 nitrogen and oxygen atoms in total. The first-order chi connectivity index (χ1) is 10.7. The highest BCUT2D eigenvalue weighted by Gasteiger charge is 2.30. The largest absolute Gasteiger partial charge is 0.357 e. The molecule has 2 heterocycles. The van der Waals surface area contributed by atoms with Crippen molar-refractivity contribution >= 4 is 17.5 Å². The molecule has 0 aliphatic carbocycles. The normalized spacial score (nSPS) is 13.4. The maximum atomic E-state index is 12.5. The number of unbranched alkanes of at least 4 members (excludes halogenated alkanes) is 1. The van der Waals surface area contributed by atoms with E-state index in [1.54, 1.807) is 18.1 Å². The summed E-state index contributed by atoms with van der Waals surface area (Å²) in [5.41, 5.74) is 3.59. The molecule has 1 aliphatic heterocycles. The molecule has 2 aromatic rings. The zero-order valence-corrected chi connectivity index (χ0v) is 13.0. The van der Waals surface area contributed by atoms with E-state index in [-0.39, 0.29) is 5.91 Å². The standard InChI is InChI=1S/C17H20N4O/c1-3-4-5-12-6-8-13(9-7-12)21-11-15-14(16(21)22)10-19-17(18-2)20-15/h6-10H,3-5,11H2,1-2H3,(H,18,19,20). The van der Waals surface area contributed by atoms with Crippen molar-refractivity contribution in [3.8, 4) is 0 Å². The number of carbonyl (C=O) groups is 1. The predicted molar refractivity (Wildman–Crippen MR) is 87.1 cm³/mol. The van der Waals surface area contributed by atoms with E-state index in [1.807, 2.05) is 12.1 Å². The third-order valence-corrected chi connectivity index (χ3v) is 3.94. The number of hydrogen-bond acceptors (Lipinski definition) is 4. The molecule has 22 heavy (non-hydrogen) atoms. The molecule has 1 N–H and O–H groups in total. The van der Waals surface area contributed by atoms with Crippen LogP contribution in [-0.2, 0) is 13.0 Å². The van der Waals surface area contributed by atoms with Crippen LogP contribution in [0.1, 0.15) is 41.4 Å². The third-order valence-electron chi connectivity index (χ3n) is 3.94. The van der Waals surface area contributed by atoms with Crippen molar-refractivity contribution in [2.75, 3.05) is 17.3 Å². The average Bonchev–Trinajstić information content (AvgIpc) is 2.89. The molecule has 0 bridgehead atoms. The Bertz CT molecular complexity index is 682. The van der Waals surface area contributed by atoms with Crippen molar-refractivity contribution in [2.45, 2.75) is 32.7 Å². The molecule has 114 valence electrons. The maximum absolute atomic E-state index is 12.5. The van der Waals surface area contributed by atoms with E-state index in [1.165, 1.54) is 18.4 Å². The van der Waals surface area contributed by atoms with Crippen LogP contribution in [-0.4, -0.2) is 22.9 Å². The maximum Gasteiger partial charge on any atom is 0.262 e. The molecule has 5 heteroatoms. The second kappa shape index (κ2) is 6.13. The summed E-state index contributed by atoms with van der Waals surface area (Å²) < 4.78 is 0. The van der Waals surface area contributed by atoms with Crippen LogP contribution in [0.5, 0.6) is 0 Å². The summed E-state index contributed by atoms with van der Waals surface area (Å²) >= 11 is 0. The molecule has 0 atom stereocenters. The van der Waals surface area contributed by atoms with Gasteiger partial charge in [-0.15, -0.1) is 0 Å². The minimum Gasteiger partial charge on any atom is -0.357 e. The number of nitrogens with zero attached hydrogens (tertiary/aromatic N) is 3. The number of rotatable bonds is 5. The number of hydrogen-bond donors (Lipinski definition) is 1. The van der Waals surface area contributed by atoms with Crippen molar-refractivity contribution in [3.05, 3.63) is 47.3 Å². The second-order valence-electron chi connectivity index (χ2n) is 5.47. The fourth-order valence-electron chi connectivity index (χ4n) is 2.64. The molecule has 1 aliphatic rings. The number of benzene rings is 1. The quantitative estimate of drug-likeness (QED) is 0.921.